The van der Waals surface area contributed by atoms with E-state index in [9.17, 15) is 4.79 Å². The highest BCUT2D eigenvalue weighted by atomic mass is 32.2. The smallest absolute Gasteiger partial charge is 0.306 e. The third-order valence-corrected chi connectivity index (χ3v) is 4.81. The van der Waals surface area contributed by atoms with Gasteiger partial charge in [0.15, 0.2) is 0 Å². The zero-order chi connectivity index (χ0) is 14.9. The van der Waals surface area contributed by atoms with E-state index in [0.717, 1.165) is 28.4 Å². The topological polar surface area (TPSA) is 81.4 Å². The number of imidazole rings is 1. The number of fused-ring (bicyclic) bond motifs is 1. The van der Waals surface area contributed by atoms with E-state index in [2.05, 4.69) is 20.5 Å². The summed E-state index contributed by atoms with van der Waals surface area (Å²) in [7, 11) is 0. The Morgan fingerprint density at radius 2 is 2.18 bits per heavy atom. The van der Waals surface area contributed by atoms with Gasteiger partial charge in [-0.25, -0.2) is 9.48 Å². The summed E-state index contributed by atoms with van der Waals surface area (Å²) in [6.45, 7) is 0.695. The highest BCUT2D eigenvalue weighted by molar-refractivity contribution is 7.99. The van der Waals surface area contributed by atoms with Crippen LogP contribution in [0.4, 0.5) is 0 Å². The van der Waals surface area contributed by atoms with Gasteiger partial charge in [0.2, 0.25) is 5.16 Å². The van der Waals surface area contributed by atoms with Gasteiger partial charge >= 0.3 is 5.69 Å². The minimum absolute atomic E-state index is 0.0472. The van der Waals surface area contributed by atoms with E-state index in [1.54, 1.807) is 16.3 Å². The Balaban J connectivity index is 1.39. The fraction of sp³-hybridized carbons (Fsp3) is 0.429. The first kappa shape index (κ1) is 13.6. The molecule has 1 aliphatic rings. The summed E-state index contributed by atoms with van der Waals surface area (Å²) in [5.74, 6) is 0.888. The molecule has 1 aromatic carbocycles. The molecule has 1 N–H and O–H groups in total. The number of aromatic nitrogens is 6. The first-order valence-corrected chi connectivity index (χ1v) is 8.40. The minimum Gasteiger partial charge on any atom is -0.306 e. The molecule has 4 rings (SSSR count). The van der Waals surface area contributed by atoms with Gasteiger partial charge in [-0.2, -0.15) is 0 Å². The van der Waals surface area contributed by atoms with E-state index in [-0.39, 0.29) is 5.69 Å². The Labute approximate surface area is 130 Å². The van der Waals surface area contributed by atoms with Gasteiger partial charge in [0.05, 0.1) is 17.1 Å². The summed E-state index contributed by atoms with van der Waals surface area (Å²) in [4.78, 5) is 14.9. The standard InChI is InChI=1S/C14H16N6OS/c21-13-15-11-4-1-2-5-12(11)19(13)8-3-9-22-14-16-17-18-20(14)10-6-7-10/h1-2,4-5,10H,3,6-9H2,(H,15,21). The molecule has 0 spiro atoms. The molecule has 0 aliphatic heterocycles. The first-order chi connectivity index (χ1) is 10.8. The van der Waals surface area contributed by atoms with Crippen molar-refractivity contribution in [2.45, 2.75) is 37.0 Å². The highest BCUT2D eigenvalue weighted by Gasteiger charge is 2.27. The zero-order valence-electron chi connectivity index (χ0n) is 12.0. The number of rotatable bonds is 6. The van der Waals surface area contributed by atoms with Gasteiger partial charge in [-0.15, -0.1) is 5.10 Å². The lowest BCUT2D eigenvalue weighted by molar-refractivity contribution is 0.565. The SMILES string of the molecule is O=c1[nH]c2ccccc2n1CCCSc1nnnn1C1CC1. The number of nitrogens with zero attached hydrogens (tertiary/aromatic N) is 5. The largest absolute Gasteiger partial charge is 0.326 e. The number of nitrogens with one attached hydrogen (secondary N) is 1. The van der Waals surface area contributed by atoms with Crippen molar-refractivity contribution < 1.29 is 0 Å². The number of benzene rings is 1. The molecule has 8 heteroatoms. The Morgan fingerprint density at radius 3 is 3.05 bits per heavy atom. The third-order valence-electron chi connectivity index (χ3n) is 3.79. The fourth-order valence-electron chi connectivity index (χ4n) is 2.54. The molecule has 2 aromatic heterocycles. The Morgan fingerprint density at radius 1 is 1.32 bits per heavy atom. The summed E-state index contributed by atoms with van der Waals surface area (Å²) < 4.78 is 3.71. The summed E-state index contributed by atoms with van der Waals surface area (Å²) in [6, 6.07) is 8.26. The lowest BCUT2D eigenvalue weighted by Crippen LogP contribution is -2.17. The Hall–Kier alpha value is -2.09. The van der Waals surface area contributed by atoms with Crippen LogP contribution in [-0.4, -0.2) is 35.5 Å². The summed E-state index contributed by atoms with van der Waals surface area (Å²) >= 11 is 1.66. The zero-order valence-corrected chi connectivity index (χ0v) is 12.8. The van der Waals surface area contributed by atoms with Crippen molar-refractivity contribution in [1.29, 1.82) is 0 Å². The summed E-state index contributed by atoms with van der Waals surface area (Å²) in [5, 5.41) is 12.7. The predicted molar refractivity (Wildman–Crippen MR) is 84.0 cm³/mol. The van der Waals surface area contributed by atoms with Gasteiger partial charge in [-0.3, -0.25) is 4.57 Å². The number of aromatic amines is 1. The van der Waals surface area contributed by atoms with Crippen molar-refractivity contribution in [2.75, 3.05) is 5.75 Å². The number of para-hydroxylation sites is 2. The molecule has 0 saturated heterocycles. The lowest BCUT2D eigenvalue weighted by Gasteiger charge is -2.04. The van der Waals surface area contributed by atoms with E-state index >= 15 is 0 Å². The van der Waals surface area contributed by atoms with Crippen molar-refractivity contribution >= 4 is 22.8 Å². The van der Waals surface area contributed by atoms with Crippen LogP contribution < -0.4 is 5.69 Å². The molecule has 3 aromatic rings. The Bertz CT molecular complexity index is 846. The fourth-order valence-corrected chi connectivity index (χ4v) is 3.41. The summed E-state index contributed by atoms with van der Waals surface area (Å²) in [6.07, 6.45) is 3.23. The molecule has 1 aliphatic carbocycles. The minimum atomic E-state index is -0.0472. The molecular weight excluding hydrogens is 300 g/mol. The van der Waals surface area contributed by atoms with Crippen LogP contribution in [0, 0.1) is 0 Å². The average Bonchev–Trinajstić information content (AvgIpc) is 3.18. The normalized spacial score (nSPS) is 14.7. The van der Waals surface area contributed by atoms with E-state index in [0.29, 0.717) is 12.6 Å². The average molecular weight is 316 g/mol. The van der Waals surface area contributed by atoms with Gasteiger partial charge in [0.25, 0.3) is 0 Å². The lowest BCUT2D eigenvalue weighted by atomic mass is 10.3. The van der Waals surface area contributed by atoms with Gasteiger partial charge in [-0.1, -0.05) is 23.9 Å². The molecule has 0 bridgehead atoms. The maximum atomic E-state index is 12.0. The number of hydrogen-bond acceptors (Lipinski definition) is 5. The molecule has 22 heavy (non-hydrogen) atoms. The van der Waals surface area contributed by atoms with E-state index in [1.165, 1.54) is 12.8 Å². The van der Waals surface area contributed by atoms with Crippen molar-refractivity contribution in [3.8, 4) is 0 Å². The number of hydrogen-bond donors (Lipinski definition) is 1. The van der Waals surface area contributed by atoms with Crippen LogP contribution in [0.2, 0.25) is 0 Å². The van der Waals surface area contributed by atoms with Crippen LogP contribution in [-0.2, 0) is 6.54 Å². The van der Waals surface area contributed by atoms with Crippen LogP contribution in [0.25, 0.3) is 11.0 Å². The number of thioether (sulfide) groups is 1. The number of H-pyrrole nitrogens is 1. The molecule has 0 unspecified atom stereocenters. The first-order valence-electron chi connectivity index (χ1n) is 7.41. The van der Waals surface area contributed by atoms with Crippen molar-refractivity contribution in [3.63, 3.8) is 0 Å². The van der Waals surface area contributed by atoms with E-state index in [1.807, 2.05) is 28.9 Å². The van der Waals surface area contributed by atoms with E-state index < -0.39 is 0 Å². The maximum absolute atomic E-state index is 12.0. The maximum Gasteiger partial charge on any atom is 0.326 e. The van der Waals surface area contributed by atoms with Crippen LogP contribution in [0.3, 0.4) is 0 Å². The molecule has 0 radical (unpaired) electrons. The third kappa shape index (κ3) is 2.54. The van der Waals surface area contributed by atoms with Gasteiger partial charge < -0.3 is 4.98 Å². The predicted octanol–water partition coefficient (Wildman–Crippen LogP) is 1.83. The summed E-state index contributed by atoms with van der Waals surface area (Å²) in [5.41, 5.74) is 1.80. The molecule has 7 nitrogen and oxygen atoms in total. The molecule has 1 fully saturated rings. The molecular formula is C14H16N6OS. The second-order valence-corrected chi connectivity index (χ2v) is 6.50. The van der Waals surface area contributed by atoms with Crippen molar-refractivity contribution in [1.82, 2.24) is 29.8 Å². The second-order valence-electron chi connectivity index (χ2n) is 5.44. The molecule has 0 amide bonds. The molecule has 1 saturated carbocycles. The number of aryl methyl sites for hydroxylation is 1. The van der Waals surface area contributed by atoms with Crippen LogP contribution >= 0.6 is 11.8 Å². The van der Waals surface area contributed by atoms with Crippen LogP contribution in [0.1, 0.15) is 25.3 Å². The van der Waals surface area contributed by atoms with Gasteiger partial charge in [0, 0.05) is 12.3 Å². The van der Waals surface area contributed by atoms with Crippen LogP contribution in [0.5, 0.6) is 0 Å². The quantitative estimate of drug-likeness (QED) is 0.554. The monoisotopic (exact) mass is 316 g/mol. The molecule has 0 atom stereocenters. The molecule has 114 valence electrons. The molecule has 2 heterocycles. The second kappa shape index (κ2) is 5.60. The van der Waals surface area contributed by atoms with Crippen LogP contribution in [0.15, 0.2) is 34.2 Å². The van der Waals surface area contributed by atoms with Gasteiger partial charge in [0.1, 0.15) is 0 Å². The Kier molecular flexibility index (Phi) is 3.45. The van der Waals surface area contributed by atoms with Crippen molar-refractivity contribution in [3.05, 3.63) is 34.7 Å². The highest BCUT2D eigenvalue weighted by Crippen LogP contribution is 2.36. The number of tetrazole rings is 1. The van der Waals surface area contributed by atoms with E-state index in [4.69, 9.17) is 0 Å². The van der Waals surface area contributed by atoms with Crippen molar-refractivity contribution in [2.24, 2.45) is 0 Å². The van der Waals surface area contributed by atoms with Gasteiger partial charge in [-0.05, 0) is 41.8 Å².